The molecular formula is C21H12ClFN4. The van der Waals surface area contributed by atoms with Crippen LogP contribution in [0.5, 0.6) is 0 Å². The molecule has 0 bridgehead atoms. The molecule has 0 atom stereocenters. The summed E-state index contributed by atoms with van der Waals surface area (Å²) in [6.07, 6.45) is 0. The SMILES string of the molecule is Fc1cccc(-n2c(-c3ccc(Cl)cc3)nc3nc4ccccc4nc32)c1. The second kappa shape index (κ2) is 6.14. The highest BCUT2D eigenvalue weighted by molar-refractivity contribution is 6.30. The van der Waals surface area contributed by atoms with Crippen LogP contribution in [-0.4, -0.2) is 19.5 Å². The summed E-state index contributed by atoms with van der Waals surface area (Å²) in [4.78, 5) is 14.1. The predicted octanol–water partition coefficient (Wildman–Crippen LogP) is 5.43. The Morgan fingerprint density at radius 2 is 1.52 bits per heavy atom. The van der Waals surface area contributed by atoms with E-state index in [2.05, 4.69) is 4.98 Å². The van der Waals surface area contributed by atoms with Crippen LogP contribution in [0.4, 0.5) is 4.39 Å². The fraction of sp³-hybridized carbons (Fsp3) is 0. The topological polar surface area (TPSA) is 43.6 Å². The Kier molecular flexibility index (Phi) is 3.62. The molecule has 0 saturated heterocycles. The third kappa shape index (κ3) is 2.73. The second-order valence-electron chi connectivity index (χ2n) is 6.12. The van der Waals surface area contributed by atoms with Gasteiger partial charge in [0.1, 0.15) is 11.6 Å². The minimum Gasteiger partial charge on any atom is -0.275 e. The normalized spacial score (nSPS) is 11.3. The highest BCUT2D eigenvalue weighted by Crippen LogP contribution is 2.29. The summed E-state index contributed by atoms with van der Waals surface area (Å²) in [5, 5.41) is 0.633. The highest BCUT2D eigenvalue weighted by Gasteiger charge is 2.17. The molecule has 2 aromatic heterocycles. The lowest BCUT2D eigenvalue weighted by Crippen LogP contribution is -1.99. The largest absolute Gasteiger partial charge is 0.275 e. The quantitative estimate of drug-likeness (QED) is 0.414. The summed E-state index contributed by atoms with van der Waals surface area (Å²) in [6, 6.07) is 21.3. The highest BCUT2D eigenvalue weighted by atomic mass is 35.5. The molecule has 4 nitrogen and oxygen atoms in total. The van der Waals surface area contributed by atoms with Crippen LogP contribution in [0.2, 0.25) is 5.02 Å². The van der Waals surface area contributed by atoms with Crippen LogP contribution in [0.15, 0.2) is 72.8 Å². The Hall–Kier alpha value is -3.31. The van der Waals surface area contributed by atoms with Crippen LogP contribution in [0, 0.1) is 5.82 Å². The van der Waals surface area contributed by atoms with Crippen molar-refractivity contribution in [3.63, 3.8) is 0 Å². The Morgan fingerprint density at radius 1 is 0.778 bits per heavy atom. The van der Waals surface area contributed by atoms with Crippen molar-refractivity contribution in [1.82, 2.24) is 19.5 Å². The maximum atomic E-state index is 13.9. The van der Waals surface area contributed by atoms with Gasteiger partial charge in [-0.15, -0.1) is 0 Å². The van der Waals surface area contributed by atoms with Gasteiger partial charge in [-0.2, -0.15) is 0 Å². The van der Waals surface area contributed by atoms with Crippen molar-refractivity contribution in [3.8, 4) is 17.1 Å². The molecule has 0 radical (unpaired) electrons. The molecule has 0 N–H and O–H groups in total. The molecule has 6 heteroatoms. The van der Waals surface area contributed by atoms with Gasteiger partial charge in [-0.3, -0.25) is 4.57 Å². The molecule has 0 aliphatic rings. The molecule has 0 amide bonds. The van der Waals surface area contributed by atoms with Crippen molar-refractivity contribution in [2.24, 2.45) is 0 Å². The average molecular weight is 375 g/mol. The van der Waals surface area contributed by atoms with Crippen molar-refractivity contribution in [1.29, 1.82) is 0 Å². The van der Waals surface area contributed by atoms with E-state index < -0.39 is 0 Å². The van der Waals surface area contributed by atoms with E-state index in [0.29, 0.717) is 27.8 Å². The van der Waals surface area contributed by atoms with Crippen molar-refractivity contribution in [3.05, 3.63) is 83.6 Å². The zero-order valence-electron chi connectivity index (χ0n) is 14.0. The Bertz CT molecular complexity index is 1300. The fourth-order valence-corrected chi connectivity index (χ4v) is 3.24. The molecule has 3 aromatic carbocycles. The number of aromatic nitrogens is 4. The van der Waals surface area contributed by atoms with Gasteiger partial charge >= 0.3 is 0 Å². The Labute approximate surface area is 158 Å². The minimum absolute atomic E-state index is 0.329. The zero-order chi connectivity index (χ0) is 18.4. The lowest BCUT2D eigenvalue weighted by atomic mass is 10.2. The van der Waals surface area contributed by atoms with Gasteiger partial charge in [0.2, 0.25) is 0 Å². The number of rotatable bonds is 2. The zero-order valence-corrected chi connectivity index (χ0v) is 14.7. The third-order valence-corrected chi connectivity index (χ3v) is 4.59. The minimum atomic E-state index is -0.329. The number of halogens is 2. The van der Waals surface area contributed by atoms with Crippen LogP contribution < -0.4 is 0 Å². The Balaban J connectivity index is 1.88. The summed E-state index contributed by atoms with van der Waals surface area (Å²) >= 11 is 6.02. The van der Waals surface area contributed by atoms with E-state index in [1.165, 1.54) is 12.1 Å². The number of hydrogen-bond acceptors (Lipinski definition) is 3. The van der Waals surface area contributed by atoms with E-state index in [1.54, 1.807) is 18.2 Å². The number of nitrogens with zero attached hydrogens (tertiary/aromatic N) is 4. The molecule has 5 rings (SSSR count). The third-order valence-electron chi connectivity index (χ3n) is 4.34. The monoisotopic (exact) mass is 374 g/mol. The van der Waals surface area contributed by atoms with Crippen LogP contribution in [0.3, 0.4) is 0 Å². The average Bonchev–Trinajstić information content (AvgIpc) is 3.05. The number of hydrogen-bond donors (Lipinski definition) is 0. The standard InChI is InChI=1S/C21H12ClFN4/c22-14-10-8-13(9-11-14)20-26-19-21(25-18-7-2-1-6-17(18)24-19)27(20)16-5-3-4-15(23)12-16/h1-12H. The number of imidazole rings is 1. The maximum absolute atomic E-state index is 13.9. The van der Waals surface area contributed by atoms with Crippen molar-refractivity contribution in [2.45, 2.75) is 0 Å². The first-order valence-corrected chi connectivity index (χ1v) is 8.74. The number of para-hydroxylation sites is 2. The molecule has 5 aromatic rings. The maximum Gasteiger partial charge on any atom is 0.199 e. The van der Waals surface area contributed by atoms with E-state index in [4.69, 9.17) is 21.6 Å². The number of benzene rings is 3. The van der Waals surface area contributed by atoms with Gasteiger partial charge in [0.25, 0.3) is 0 Å². The van der Waals surface area contributed by atoms with Gasteiger partial charge in [-0.1, -0.05) is 29.8 Å². The fourth-order valence-electron chi connectivity index (χ4n) is 3.11. The van der Waals surface area contributed by atoms with Crippen LogP contribution in [0.25, 0.3) is 39.4 Å². The molecular weight excluding hydrogens is 363 g/mol. The summed E-state index contributed by atoms with van der Waals surface area (Å²) < 4.78 is 15.7. The molecule has 0 spiro atoms. The first kappa shape index (κ1) is 15.9. The molecule has 0 fully saturated rings. The molecule has 0 unspecified atom stereocenters. The van der Waals surface area contributed by atoms with Gasteiger partial charge in [0.05, 0.1) is 16.7 Å². The summed E-state index contributed by atoms with van der Waals surface area (Å²) in [7, 11) is 0. The molecule has 0 aliphatic carbocycles. The lowest BCUT2D eigenvalue weighted by molar-refractivity contribution is 0.627. The van der Waals surface area contributed by atoms with Gasteiger partial charge in [0, 0.05) is 10.6 Å². The molecule has 27 heavy (non-hydrogen) atoms. The lowest BCUT2D eigenvalue weighted by Gasteiger charge is -2.09. The van der Waals surface area contributed by atoms with Gasteiger partial charge < -0.3 is 0 Å². The van der Waals surface area contributed by atoms with Crippen molar-refractivity contribution in [2.75, 3.05) is 0 Å². The van der Waals surface area contributed by atoms with Crippen molar-refractivity contribution >= 4 is 33.9 Å². The second-order valence-corrected chi connectivity index (χ2v) is 6.55. The van der Waals surface area contributed by atoms with E-state index in [-0.39, 0.29) is 5.82 Å². The summed E-state index contributed by atoms with van der Waals surface area (Å²) in [5.74, 6) is 0.299. The predicted molar refractivity (Wildman–Crippen MR) is 105 cm³/mol. The van der Waals surface area contributed by atoms with Gasteiger partial charge in [-0.05, 0) is 54.6 Å². The smallest absolute Gasteiger partial charge is 0.199 e. The van der Waals surface area contributed by atoms with E-state index in [1.807, 2.05) is 47.0 Å². The summed E-state index contributed by atoms with van der Waals surface area (Å²) in [5.41, 5.74) is 4.06. The molecule has 130 valence electrons. The van der Waals surface area contributed by atoms with E-state index >= 15 is 0 Å². The van der Waals surface area contributed by atoms with E-state index in [9.17, 15) is 4.39 Å². The first-order valence-electron chi connectivity index (χ1n) is 8.36. The van der Waals surface area contributed by atoms with Gasteiger partial charge in [0.15, 0.2) is 11.3 Å². The Morgan fingerprint density at radius 3 is 2.26 bits per heavy atom. The molecule has 2 heterocycles. The van der Waals surface area contributed by atoms with Crippen LogP contribution >= 0.6 is 11.6 Å². The van der Waals surface area contributed by atoms with Crippen molar-refractivity contribution < 1.29 is 4.39 Å². The van der Waals surface area contributed by atoms with E-state index in [0.717, 1.165) is 16.6 Å². The van der Waals surface area contributed by atoms with Crippen LogP contribution in [0.1, 0.15) is 0 Å². The first-order chi connectivity index (χ1) is 13.2. The molecule has 0 aliphatic heterocycles. The summed E-state index contributed by atoms with van der Waals surface area (Å²) in [6.45, 7) is 0. The van der Waals surface area contributed by atoms with Gasteiger partial charge in [-0.25, -0.2) is 19.3 Å². The molecule has 0 saturated carbocycles. The van der Waals surface area contributed by atoms with Crippen LogP contribution in [-0.2, 0) is 0 Å². The number of fused-ring (bicyclic) bond motifs is 2.